The summed E-state index contributed by atoms with van der Waals surface area (Å²) in [5, 5.41) is 0. The van der Waals surface area contributed by atoms with Crippen LogP contribution in [0.3, 0.4) is 0 Å². The number of likely N-dealkylation sites (N-methyl/N-ethyl adjacent to an activating group) is 1. The molecule has 0 aliphatic heterocycles. The molecule has 0 radical (unpaired) electrons. The molecule has 0 aromatic heterocycles. The zero-order chi connectivity index (χ0) is 52.0. The van der Waals surface area contributed by atoms with Crippen molar-refractivity contribution in [3.8, 4) is 0 Å². The average molecular weight is 1020 g/mol. The highest BCUT2D eigenvalue weighted by atomic mass is 31.2. The Kier molecular flexibility index (Phi) is 50.9. The highest BCUT2D eigenvalue weighted by Gasteiger charge is 2.27. The number of esters is 2. The molecule has 0 aromatic rings. The highest BCUT2D eigenvalue weighted by Crippen LogP contribution is 2.43. The van der Waals surface area contributed by atoms with Crippen LogP contribution in [0.4, 0.5) is 0 Å². The summed E-state index contributed by atoms with van der Waals surface area (Å²) < 4.78 is 34.6. The third-order valence-electron chi connectivity index (χ3n) is 12.8. The molecule has 10 heteroatoms. The first-order valence-electron chi connectivity index (χ1n) is 29.5. The fourth-order valence-electron chi connectivity index (χ4n) is 8.28. The van der Waals surface area contributed by atoms with Gasteiger partial charge in [-0.05, 0) is 57.8 Å². The normalized spacial score (nSPS) is 13.7. The number of unbranched alkanes of at least 4 members (excludes halogenated alkanes) is 30. The molecule has 0 aromatic carbocycles. The largest absolute Gasteiger partial charge is 0.472 e. The Balaban J connectivity index is 4.16. The Morgan fingerprint density at radius 3 is 1.20 bits per heavy atom. The number of hydrogen-bond acceptors (Lipinski definition) is 7. The number of ether oxygens (including phenoxy) is 2. The number of allylic oxidation sites excluding steroid dienone is 10. The molecule has 414 valence electrons. The lowest BCUT2D eigenvalue weighted by atomic mass is 10.0. The molecule has 0 heterocycles. The summed E-state index contributed by atoms with van der Waals surface area (Å²) in [4.78, 5) is 35.7. The lowest BCUT2D eigenvalue weighted by molar-refractivity contribution is -0.870. The van der Waals surface area contributed by atoms with Crippen molar-refractivity contribution in [3.63, 3.8) is 0 Å². The van der Waals surface area contributed by atoms with Crippen LogP contribution in [0.2, 0.25) is 0 Å². The van der Waals surface area contributed by atoms with E-state index >= 15 is 0 Å². The van der Waals surface area contributed by atoms with Gasteiger partial charge in [0.2, 0.25) is 0 Å². The molecule has 0 spiro atoms. The molecular formula is C61H113NO8P+. The summed E-state index contributed by atoms with van der Waals surface area (Å²) in [5.74, 6) is -0.795. The lowest BCUT2D eigenvalue weighted by Crippen LogP contribution is -2.37. The van der Waals surface area contributed by atoms with Gasteiger partial charge in [0.25, 0.3) is 0 Å². The third-order valence-corrected chi connectivity index (χ3v) is 13.8. The molecule has 2 atom stereocenters. The quantitative estimate of drug-likeness (QED) is 0.0211. The van der Waals surface area contributed by atoms with Crippen LogP contribution >= 0.6 is 7.82 Å². The summed E-state index contributed by atoms with van der Waals surface area (Å²) >= 11 is 0. The predicted octanol–water partition coefficient (Wildman–Crippen LogP) is 18.3. The Labute approximate surface area is 438 Å². The van der Waals surface area contributed by atoms with E-state index in [9.17, 15) is 19.0 Å². The molecule has 0 rings (SSSR count). The molecule has 0 saturated carbocycles. The van der Waals surface area contributed by atoms with Gasteiger partial charge in [0.1, 0.15) is 19.8 Å². The van der Waals surface area contributed by atoms with E-state index in [1.54, 1.807) is 0 Å². The van der Waals surface area contributed by atoms with Gasteiger partial charge in [-0.2, -0.15) is 0 Å². The van der Waals surface area contributed by atoms with Crippen LogP contribution < -0.4 is 0 Å². The van der Waals surface area contributed by atoms with Crippen LogP contribution in [0.15, 0.2) is 60.8 Å². The Bertz CT molecular complexity index is 1380. The average Bonchev–Trinajstić information content (AvgIpc) is 3.33. The standard InChI is InChI=1S/C61H112NO8P/c1-6-8-10-12-14-16-18-20-22-24-26-28-30-31-32-34-36-38-40-42-44-46-48-50-52-54-61(64)70-59(58-69-71(65,66)68-56-55-62(3,4)5)57-67-60(63)53-51-49-47-45-43-41-39-37-35-33-29-27-25-23-21-19-17-15-13-11-9-7-2/h8,10,14,16,20,22,26,28,31-32,59H,6-7,9,11-13,15,17-19,21,23-25,27,29-30,33-58H2,1-5H3/p+1/b10-8-,16-14-,22-20-,28-26-,32-31-. The predicted molar refractivity (Wildman–Crippen MR) is 303 cm³/mol. The molecular weight excluding hydrogens is 906 g/mol. The first-order chi connectivity index (χ1) is 34.5. The van der Waals surface area contributed by atoms with Gasteiger partial charge in [0.05, 0.1) is 27.7 Å². The number of carbonyl (C=O) groups excluding carboxylic acids is 2. The van der Waals surface area contributed by atoms with E-state index in [1.165, 1.54) is 154 Å². The van der Waals surface area contributed by atoms with Crippen molar-refractivity contribution in [1.82, 2.24) is 0 Å². The smallest absolute Gasteiger partial charge is 0.462 e. The van der Waals surface area contributed by atoms with Gasteiger partial charge in [-0.3, -0.25) is 18.6 Å². The number of quaternary nitrogens is 1. The van der Waals surface area contributed by atoms with Gasteiger partial charge in [0, 0.05) is 12.8 Å². The topological polar surface area (TPSA) is 108 Å². The summed E-state index contributed by atoms with van der Waals surface area (Å²) in [6.07, 6.45) is 67.1. The van der Waals surface area contributed by atoms with Gasteiger partial charge < -0.3 is 18.9 Å². The summed E-state index contributed by atoms with van der Waals surface area (Å²) in [6.45, 7) is 4.35. The Morgan fingerprint density at radius 2 is 0.803 bits per heavy atom. The van der Waals surface area contributed by atoms with Crippen LogP contribution in [0.5, 0.6) is 0 Å². The molecule has 0 saturated heterocycles. The van der Waals surface area contributed by atoms with E-state index in [4.69, 9.17) is 18.5 Å². The maximum atomic E-state index is 12.8. The van der Waals surface area contributed by atoms with Crippen molar-refractivity contribution < 1.29 is 42.1 Å². The van der Waals surface area contributed by atoms with Gasteiger partial charge in [-0.15, -0.1) is 0 Å². The van der Waals surface area contributed by atoms with E-state index in [2.05, 4.69) is 74.6 Å². The van der Waals surface area contributed by atoms with E-state index in [-0.39, 0.29) is 25.6 Å². The van der Waals surface area contributed by atoms with Gasteiger partial charge in [-0.25, -0.2) is 4.57 Å². The maximum absolute atomic E-state index is 12.8. The van der Waals surface area contributed by atoms with Crippen LogP contribution in [0, 0.1) is 0 Å². The van der Waals surface area contributed by atoms with Crippen molar-refractivity contribution in [2.24, 2.45) is 0 Å². The molecule has 0 fully saturated rings. The van der Waals surface area contributed by atoms with Crippen LogP contribution in [0.1, 0.15) is 264 Å². The number of rotatable bonds is 54. The minimum absolute atomic E-state index is 0.0298. The number of phosphoric ester groups is 1. The van der Waals surface area contributed by atoms with Gasteiger partial charge in [-0.1, -0.05) is 254 Å². The first-order valence-corrected chi connectivity index (χ1v) is 31.0. The molecule has 0 bridgehead atoms. The zero-order valence-corrected chi connectivity index (χ0v) is 47.9. The Hall–Kier alpha value is -2.29. The van der Waals surface area contributed by atoms with Crippen LogP contribution in [-0.4, -0.2) is 74.9 Å². The van der Waals surface area contributed by atoms with E-state index in [1.807, 2.05) is 21.1 Å². The van der Waals surface area contributed by atoms with Crippen LogP contribution in [-0.2, 0) is 32.7 Å². The fourth-order valence-corrected chi connectivity index (χ4v) is 9.02. The lowest BCUT2D eigenvalue weighted by Gasteiger charge is -2.24. The minimum atomic E-state index is -4.39. The van der Waals surface area contributed by atoms with Crippen molar-refractivity contribution in [2.45, 2.75) is 270 Å². The molecule has 9 nitrogen and oxygen atoms in total. The summed E-state index contributed by atoms with van der Waals surface area (Å²) in [6, 6.07) is 0. The zero-order valence-electron chi connectivity index (χ0n) is 47.0. The highest BCUT2D eigenvalue weighted by molar-refractivity contribution is 7.47. The molecule has 1 N–H and O–H groups in total. The first kappa shape index (κ1) is 68.7. The minimum Gasteiger partial charge on any atom is -0.462 e. The van der Waals surface area contributed by atoms with E-state index in [0.29, 0.717) is 23.9 Å². The second kappa shape index (κ2) is 52.6. The van der Waals surface area contributed by atoms with Crippen molar-refractivity contribution in [3.05, 3.63) is 60.8 Å². The Morgan fingerprint density at radius 1 is 0.451 bits per heavy atom. The van der Waals surface area contributed by atoms with Crippen molar-refractivity contribution >= 4 is 19.8 Å². The maximum Gasteiger partial charge on any atom is 0.472 e. The number of carbonyl (C=O) groups is 2. The summed E-state index contributed by atoms with van der Waals surface area (Å²) in [7, 11) is 1.48. The summed E-state index contributed by atoms with van der Waals surface area (Å²) in [5.41, 5.74) is 0. The van der Waals surface area contributed by atoms with Crippen molar-refractivity contribution in [2.75, 3.05) is 47.5 Å². The second-order valence-corrected chi connectivity index (χ2v) is 22.5. The SMILES string of the molecule is CC/C=C\C/C=C\C/C=C\C/C=C\C/C=C\CCCCCCCCCCCC(=O)OC(COC(=O)CCCCCCCCCCCCCCCCCCCCCCCC)COP(=O)(O)OCC[N+](C)(C)C. The number of hydrogen-bond donors (Lipinski definition) is 1. The van der Waals surface area contributed by atoms with Crippen LogP contribution in [0.25, 0.3) is 0 Å². The van der Waals surface area contributed by atoms with Gasteiger partial charge in [0.15, 0.2) is 6.10 Å². The molecule has 2 unspecified atom stereocenters. The number of phosphoric acid groups is 1. The molecule has 71 heavy (non-hydrogen) atoms. The number of nitrogens with zero attached hydrogens (tertiary/aromatic N) is 1. The fraction of sp³-hybridized carbons (Fsp3) is 0.803. The molecule has 0 amide bonds. The molecule has 0 aliphatic rings. The monoisotopic (exact) mass is 1020 g/mol. The molecule has 0 aliphatic carbocycles. The second-order valence-electron chi connectivity index (χ2n) is 21.0. The third kappa shape index (κ3) is 56.9. The van der Waals surface area contributed by atoms with E-state index in [0.717, 1.165) is 77.0 Å². The van der Waals surface area contributed by atoms with Crippen molar-refractivity contribution in [1.29, 1.82) is 0 Å². The van der Waals surface area contributed by atoms with E-state index < -0.39 is 26.5 Å². The van der Waals surface area contributed by atoms with Gasteiger partial charge >= 0.3 is 19.8 Å².